The maximum absolute atomic E-state index is 5.44. The van der Waals surface area contributed by atoms with Crippen LogP contribution in [0.4, 0.5) is 0 Å². The second-order valence-corrected chi connectivity index (χ2v) is 6.74. The van der Waals surface area contributed by atoms with E-state index in [-0.39, 0.29) is 0 Å². The molecule has 0 aliphatic heterocycles. The molecule has 1 aliphatic rings. The Labute approximate surface area is 124 Å². The topological polar surface area (TPSA) is 46.5 Å². The highest BCUT2D eigenvalue weighted by atomic mass is 32.1. The van der Waals surface area contributed by atoms with Crippen LogP contribution in [0.5, 0.6) is 0 Å². The van der Waals surface area contributed by atoms with Crippen LogP contribution in [0, 0.1) is 10.2 Å². The standard InChI is InChI=1S/C15H20N4S/c1-15(2)7-3-12(4-8-15)19-13(17-18-14(19)20)11-5-9-16-10-6-11/h5-6,9-10,12H,3-4,7-8H2,1-2H3,(H,18,20). The highest BCUT2D eigenvalue weighted by Crippen LogP contribution is 2.41. The normalized spacial score (nSPS) is 19.1. The van der Waals surface area contributed by atoms with Crippen molar-refractivity contribution in [3.05, 3.63) is 29.3 Å². The van der Waals surface area contributed by atoms with E-state index >= 15 is 0 Å². The first-order valence-electron chi connectivity index (χ1n) is 7.14. The molecule has 4 nitrogen and oxygen atoms in total. The Morgan fingerprint density at radius 1 is 1.25 bits per heavy atom. The number of rotatable bonds is 2. The third kappa shape index (κ3) is 2.54. The molecule has 0 amide bonds. The first-order chi connectivity index (χ1) is 9.57. The van der Waals surface area contributed by atoms with Gasteiger partial charge in [0.05, 0.1) is 0 Å². The fourth-order valence-corrected chi connectivity index (χ4v) is 3.27. The van der Waals surface area contributed by atoms with Gasteiger partial charge in [0.25, 0.3) is 0 Å². The summed E-state index contributed by atoms with van der Waals surface area (Å²) >= 11 is 5.44. The van der Waals surface area contributed by atoms with Crippen LogP contribution >= 0.6 is 12.2 Å². The molecular formula is C15H20N4S. The summed E-state index contributed by atoms with van der Waals surface area (Å²) in [6.45, 7) is 4.70. The van der Waals surface area contributed by atoms with Crippen molar-refractivity contribution in [2.75, 3.05) is 0 Å². The van der Waals surface area contributed by atoms with Crippen molar-refractivity contribution in [1.82, 2.24) is 19.7 Å². The lowest BCUT2D eigenvalue weighted by atomic mass is 9.75. The van der Waals surface area contributed by atoms with Gasteiger partial charge >= 0.3 is 0 Å². The number of nitrogens with one attached hydrogen (secondary N) is 1. The van der Waals surface area contributed by atoms with Gasteiger partial charge in [-0.05, 0) is 55.4 Å². The maximum Gasteiger partial charge on any atom is 0.195 e. The summed E-state index contributed by atoms with van der Waals surface area (Å²) in [5, 5.41) is 7.36. The molecule has 5 heteroatoms. The molecule has 0 unspecified atom stereocenters. The van der Waals surface area contributed by atoms with Crippen LogP contribution in [0.2, 0.25) is 0 Å². The van der Waals surface area contributed by atoms with Crippen molar-refractivity contribution >= 4 is 12.2 Å². The number of aromatic nitrogens is 4. The number of H-pyrrole nitrogens is 1. The molecule has 0 radical (unpaired) electrons. The van der Waals surface area contributed by atoms with Gasteiger partial charge in [0.15, 0.2) is 10.6 Å². The van der Waals surface area contributed by atoms with E-state index in [0.29, 0.717) is 11.5 Å². The molecule has 0 atom stereocenters. The molecular weight excluding hydrogens is 268 g/mol. The SMILES string of the molecule is CC1(C)CCC(n2c(-c3ccncc3)n[nH]c2=S)CC1. The predicted molar refractivity (Wildman–Crippen MR) is 81.9 cm³/mol. The van der Waals surface area contributed by atoms with Crippen molar-refractivity contribution in [3.63, 3.8) is 0 Å². The molecule has 3 rings (SSSR count). The number of pyridine rings is 1. The minimum atomic E-state index is 0.456. The van der Waals surface area contributed by atoms with E-state index in [1.807, 2.05) is 12.1 Å². The minimum Gasteiger partial charge on any atom is -0.297 e. The minimum absolute atomic E-state index is 0.456. The van der Waals surface area contributed by atoms with Gasteiger partial charge in [-0.1, -0.05) is 13.8 Å². The maximum atomic E-state index is 5.44. The molecule has 2 aromatic heterocycles. The molecule has 1 N–H and O–H groups in total. The smallest absolute Gasteiger partial charge is 0.195 e. The van der Waals surface area contributed by atoms with Gasteiger partial charge in [0, 0.05) is 24.0 Å². The molecule has 106 valence electrons. The van der Waals surface area contributed by atoms with E-state index in [9.17, 15) is 0 Å². The molecule has 1 aliphatic carbocycles. The van der Waals surface area contributed by atoms with Gasteiger partial charge in [0.1, 0.15) is 0 Å². The Balaban J connectivity index is 1.95. The fraction of sp³-hybridized carbons (Fsp3) is 0.533. The monoisotopic (exact) mass is 288 g/mol. The van der Waals surface area contributed by atoms with Crippen LogP contribution in [0.1, 0.15) is 45.6 Å². The van der Waals surface area contributed by atoms with Crippen LogP contribution < -0.4 is 0 Å². The van der Waals surface area contributed by atoms with E-state index in [1.54, 1.807) is 12.4 Å². The fourth-order valence-electron chi connectivity index (χ4n) is 2.99. The average molecular weight is 288 g/mol. The summed E-state index contributed by atoms with van der Waals surface area (Å²) in [4.78, 5) is 4.07. The lowest BCUT2D eigenvalue weighted by Crippen LogP contribution is -2.24. The second-order valence-electron chi connectivity index (χ2n) is 6.35. The number of nitrogens with zero attached hydrogens (tertiary/aromatic N) is 3. The molecule has 1 saturated carbocycles. The Morgan fingerprint density at radius 2 is 1.90 bits per heavy atom. The molecule has 0 saturated heterocycles. The highest BCUT2D eigenvalue weighted by molar-refractivity contribution is 7.71. The molecule has 0 spiro atoms. The third-order valence-electron chi connectivity index (χ3n) is 4.32. The van der Waals surface area contributed by atoms with Crippen LogP contribution in [-0.4, -0.2) is 19.7 Å². The Kier molecular flexibility index (Phi) is 3.46. The third-order valence-corrected chi connectivity index (χ3v) is 4.60. The summed E-state index contributed by atoms with van der Waals surface area (Å²) in [6, 6.07) is 4.42. The van der Waals surface area contributed by atoms with E-state index < -0.39 is 0 Å². The van der Waals surface area contributed by atoms with Gasteiger partial charge in [0.2, 0.25) is 0 Å². The van der Waals surface area contributed by atoms with Gasteiger partial charge in [-0.2, -0.15) is 5.10 Å². The number of hydrogen-bond donors (Lipinski definition) is 1. The molecule has 2 aromatic rings. The van der Waals surface area contributed by atoms with Crippen molar-refractivity contribution in [2.45, 2.75) is 45.6 Å². The Bertz CT molecular complexity index is 631. The lowest BCUT2D eigenvalue weighted by molar-refractivity contribution is 0.193. The zero-order chi connectivity index (χ0) is 14.2. The predicted octanol–water partition coefficient (Wildman–Crippen LogP) is 4.14. The van der Waals surface area contributed by atoms with Gasteiger partial charge in [-0.25, -0.2) is 0 Å². The average Bonchev–Trinajstić information content (AvgIpc) is 2.82. The second kappa shape index (κ2) is 5.13. The van der Waals surface area contributed by atoms with Crippen molar-refractivity contribution in [3.8, 4) is 11.4 Å². The number of hydrogen-bond acceptors (Lipinski definition) is 3. The Morgan fingerprint density at radius 3 is 2.55 bits per heavy atom. The van der Waals surface area contributed by atoms with E-state index in [2.05, 4.69) is 33.6 Å². The summed E-state index contributed by atoms with van der Waals surface area (Å²) < 4.78 is 2.92. The van der Waals surface area contributed by atoms with E-state index in [0.717, 1.165) is 16.2 Å². The molecule has 0 bridgehead atoms. The first-order valence-corrected chi connectivity index (χ1v) is 7.55. The molecule has 0 aromatic carbocycles. The van der Waals surface area contributed by atoms with Gasteiger partial charge < -0.3 is 0 Å². The quantitative estimate of drug-likeness (QED) is 0.845. The summed E-state index contributed by atoms with van der Waals surface area (Å²) in [5.41, 5.74) is 1.52. The van der Waals surface area contributed by atoms with Crippen LogP contribution in [0.15, 0.2) is 24.5 Å². The van der Waals surface area contributed by atoms with Crippen molar-refractivity contribution in [2.24, 2.45) is 5.41 Å². The lowest BCUT2D eigenvalue weighted by Gasteiger charge is -2.35. The zero-order valence-electron chi connectivity index (χ0n) is 12.0. The first kappa shape index (κ1) is 13.5. The molecule has 1 fully saturated rings. The largest absolute Gasteiger partial charge is 0.297 e. The molecule has 2 heterocycles. The zero-order valence-corrected chi connectivity index (χ0v) is 12.8. The molecule has 20 heavy (non-hydrogen) atoms. The van der Waals surface area contributed by atoms with Crippen LogP contribution in [-0.2, 0) is 0 Å². The van der Waals surface area contributed by atoms with Crippen LogP contribution in [0.3, 0.4) is 0 Å². The van der Waals surface area contributed by atoms with Crippen molar-refractivity contribution in [1.29, 1.82) is 0 Å². The Hall–Kier alpha value is -1.49. The van der Waals surface area contributed by atoms with Gasteiger partial charge in [-0.3, -0.25) is 14.6 Å². The van der Waals surface area contributed by atoms with E-state index in [4.69, 9.17) is 12.2 Å². The summed E-state index contributed by atoms with van der Waals surface area (Å²) in [5.74, 6) is 0.933. The summed E-state index contributed by atoms with van der Waals surface area (Å²) in [7, 11) is 0. The van der Waals surface area contributed by atoms with E-state index in [1.165, 1.54) is 25.7 Å². The highest BCUT2D eigenvalue weighted by Gasteiger charge is 2.29. The van der Waals surface area contributed by atoms with Crippen LogP contribution in [0.25, 0.3) is 11.4 Å². The number of aromatic amines is 1. The van der Waals surface area contributed by atoms with Crippen molar-refractivity contribution < 1.29 is 0 Å². The van der Waals surface area contributed by atoms with Gasteiger partial charge in [-0.15, -0.1) is 0 Å². The summed E-state index contributed by atoms with van der Waals surface area (Å²) in [6.07, 6.45) is 8.39.